The SMILES string of the molecule is COc1ccc(Br)cc1CC(N)c1nc2ccccc2s1. The highest BCUT2D eigenvalue weighted by Gasteiger charge is 2.15. The molecule has 0 radical (unpaired) electrons. The van der Waals surface area contributed by atoms with E-state index >= 15 is 0 Å². The minimum absolute atomic E-state index is 0.134. The van der Waals surface area contributed by atoms with E-state index < -0.39 is 0 Å². The molecule has 0 aliphatic carbocycles. The highest BCUT2D eigenvalue weighted by atomic mass is 79.9. The van der Waals surface area contributed by atoms with Gasteiger partial charge in [-0.25, -0.2) is 4.98 Å². The maximum Gasteiger partial charge on any atom is 0.122 e. The highest BCUT2D eigenvalue weighted by Crippen LogP contribution is 2.30. The van der Waals surface area contributed by atoms with Crippen molar-refractivity contribution in [1.29, 1.82) is 0 Å². The Balaban J connectivity index is 1.89. The summed E-state index contributed by atoms with van der Waals surface area (Å²) in [5.41, 5.74) is 8.43. The smallest absolute Gasteiger partial charge is 0.122 e. The van der Waals surface area contributed by atoms with Crippen molar-refractivity contribution in [3.63, 3.8) is 0 Å². The standard InChI is InChI=1S/C16H15BrN2OS/c1-20-14-7-6-11(17)8-10(14)9-12(18)16-19-13-4-2-3-5-15(13)21-16/h2-8,12H,9,18H2,1H3. The van der Waals surface area contributed by atoms with Crippen LogP contribution in [-0.2, 0) is 6.42 Å². The molecule has 5 heteroatoms. The third kappa shape index (κ3) is 3.10. The summed E-state index contributed by atoms with van der Waals surface area (Å²) in [7, 11) is 1.68. The third-order valence-corrected chi connectivity index (χ3v) is 4.97. The van der Waals surface area contributed by atoms with Gasteiger partial charge < -0.3 is 10.5 Å². The Morgan fingerprint density at radius 3 is 2.86 bits per heavy atom. The molecule has 0 aliphatic heterocycles. The summed E-state index contributed by atoms with van der Waals surface area (Å²) in [5.74, 6) is 0.856. The predicted octanol–water partition coefficient (Wildman–Crippen LogP) is 4.31. The van der Waals surface area contributed by atoms with Gasteiger partial charge in [0, 0.05) is 4.47 Å². The van der Waals surface area contributed by atoms with Gasteiger partial charge in [-0.15, -0.1) is 11.3 Å². The van der Waals surface area contributed by atoms with Gasteiger partial charge in [-0.1, -0.05) is 28.1 Å². The van der Waals surface area contributed by atoms with Crippen LogP contribution in [-0.4, -0.2) is 12.1 Å². The van der Waals surface area contributed by atoms with Crippen molar-refractivity contribution >= 4 is 37.5 Å². The first-order chi connectivity index (χ1) is 10.2. The summed E-state index contributed by atoms with van der Waals surface area (Å²) in [6, 6.07) is 13.9. The summed E-state index contributed by atoms with van der Waals surface area (Å²) >= 11 is 5.14. The molecule has 0 saturated carbocycles. The predicted molar refractivity (Wildman–Crippen MR) is 90.9 cm³/mol. The van der Waals surface area contributed by atoms with Crippen molar-refractivity contribution in [2.75, 3.05) is 7.11 Å². The van der Waals surface area contributed by atoms with Crippen molar-refractivity contribution in [2.45, 2.75) is 12.5 Å². The van der Waals surface area contributed by atoms with E-state index in [9.17, 15) is 0 Å². The van der Waals surface area contributed by atoms with Gasteiger partial charge in [0.25, 0.3) is 0 Å². The average molecular weight is 363 g/mol. The molecule has 0 aliphatic rings. The van der Waals surface area contributed by atoms with Gasteiger partial charge in [0.2, 0.25) is 0 Å². The number of hydrogen-bond acceptors (Lipinski definition) is 4. The molecular weight excluding hydrogens is 348 g/mol. The summed E-state index contributed by atoms with van der Waals surface area (Å²) in [4.78, 5) is 4.63. The number of aromatic nitrogens is 1. The molecule has 0 saturated heterocycles. The molecule has 3 aromatic rings. The molecule has 0 bridgehead atoms. The van der Waals surface area contributed by atoms with Crippen LogP contribution in [0.25, 0.3) is 10.2 Å². The van der Waals surface area contributed by atoms with E-state index in [1.807, 2.05) is 36.4 Å². The van der Waals surface area contributed by atoms with Gasteiger partial charge in [-0.2, -0.15) is 0 Å². The van der Waals surface area contributed by atoms with Crippen LogP contribution in [0.15, 0.2) is 46.9 Å². The molecule has 1 atom stereocenters. The summed E-state index contributed by atoms with van der Waals surface area (Å²) in [5, 5.41) is 0.957. The van der Waals surface area contributed by atoms with Crippen LogP contribution >= 0.6 is 27.3 Å². The minimum atomic E-state index is -0.134. The zero-order chi connectivity index (χ0) is 14.8. The van der Waals surface area contributed by atoms with Gasteiger partial charge in [-0.05, 0) is 42.3 Å². The fourth-order valence-corrected chi connectivity index (χ4v) is 3.66. The van der Waals surface area contributed by atoms with Crippen LogP contribution in [0.2, 0.25) is 0 Å². The van der Waals surface area contributed by atoms with Crippen molar-refractivity contribution < 1.29 is 4.74 Å². The number of hydrogen-bond donors (Lipinski definition) is 1. The molecule has 0 spiro atoms. The molecule has 108 valence electrons. The Kier molecular flexibility index (Phi) is 4.24. The highest BCUT2D eigenvalue weighted by molar-refractivity contribution is 9.10. The lowest BCUT2D eigenvalue weighted by Crippen LogP contribution is -2.13. The largest absolute Gasteiger partial charge is 0.496 e. The molecule has 2 N–H and O–H groups in total. The lowest BCUT2D eigenvalue weighted by atomic mass is 10.1. The van der Waals surface area contributed by atoms with E-state index in [0.717, 1.165) is 26.3 Å². The van der Waals surface area contributed by atoms with E-state index in [4.69, 9.17) is 10.5 Å². The Morgan fingerprint density at radius 2 is 2.10 bits per heavy atom. The normalized spacial score (nSPS) is 12.5. The van der Waals surface area contributed by atoms with Gasteiger partial charge in [0.1, 0.15) is 10.8 Å². The number of rotatable bonds is 4. The molecule has 0 amide bonds. The van der Waals surface area contributed by atoms with E-state index in [1.165, 1.54) is 4.70 Å². The number of halogens is 1. The zero-order valence-corrected chi connectivity index (χ0v) is 13.9. The minimum Gasteiger partial charge on any atom is -0.496 e. The summed E-state index contributed by atoms with van der Waals surface area (Å²) < 4.78 is 7.60. The van der Waals surface area contributed by atoms with Gasteiger partial charge in [0.15, 0.2) is 0 Å². The first kappa shape index (κ1) is 14.5. The van der Waals surface area contributed by atoms with Gasteiger partial charge in [-0.3, -0.25) is 0 Å². The number of fused-ring (bicyclic) bond motifs is 1. The third-order valence-electron chi connectivity index (χ3n) is 3.31. The summed E-state index contributed by atoms with van der Waals surface area (Å²) in [6.45, 7) is 0. The van der Waals surface area contributed by atoms with Crippen LogP contribution in [0.5, 0.6) is 5.75 Å². The van der Waals surface area contributed by atoms with E-state index in [0.29, 0.717) is 6.42 Å². The first-order valence-corrected chi connectivity index (χ1v) is 8.22. The number of nitrogens with zero attached hydrogens (tertiary/aromatic N) is 1. The number of nitrogens with two attached hydrogens (primary N) is 1. The fourth-order valence-electron chi connectivity index (χ4n) is 2.28. The molecule has 21 heavy (non-hydrogen) atoms. The van der Waals surface area contributed by atoms with E-state index in [1.54, 1.807) is 18.4 Å². The average Bonchev–Trinajstić information content (AvgIpc) is 2.91. The Labute approximate surface area is 135 Å². The fraction of sp³-hybridized carbons (Fsp3) is 0.188. The lowest BCUT2D eigenvalue weighted by Gasteiger charge is -2.12. The monoisotopic (exact) mass is 362 g/mol. The molecule has 1 heterocycles. The number of benzene rings is 2. The van der Waals surface area contributed by atoms with Crippen LogP contribution < -0.4 is 10.5 Å². The number of para-hydroxylation sites is 1. The molecule has 2 aromatic carbocycles. The van der Waals surface area contributed by atoms with E-state index in [-0.39, 0.29) is 6.04 Å². The molecule has 1 unspecified atom stereocenters. The molecular formula is C16H15BrN2OS. The van der Waals surface area contributed by atoms with Crippen molar-refractivity contribution in [2.24, 2.45) is 5.73 Å². The van der Waals surface area contributed by atoms with Crippen molar-refractivity contribution in [1.82, 2.24) is 4.98 Å². The zero-order valence-electron chi connectivity index (χ0n) is 11.5. The van der Waals surface area contributed by atoms with Crippen LogP contribution in [0.4, 0.5) is 0 Å². The molecule has 3 nitrogen and oxygen atoms in total. The van der Waals surface area contributed by atoms with Crippen LogP contribution in [0.1, 0.15) is 16.6 Å². The quantitative estimate of drug-likeness (QED) is 0.752. The van der Waals surface area contributed by atoms with Crippen molar-refractivity contribution in [3.8, 4) is 5.75 Å². The Hall–Kier alpha value is -1.43. The Bertz CT molecular complexity index is 739. The molecule has 1 aromatic heterocycles. The second kappa shape index (κ2) is 6.13. The van der Waals surface area contributed by atoms with Gasteiger partial charge in [0.05, 0.1) is 23.4 Å². The Morgan fingerprint density at radius 1 is 1.29 bits per heavy atom. The summed E-state index contributed by atoms with van der Waals surface area (Å²) in [6.07, 6.45) is 0.697. The second-order valence-corrected chi connectivity index (χ2v) is 6.76. The number of thiazole rings is 1. The lowest BCUT2D eigenvalue weighted by molar-refractivity contribution is 0.408. The van der Waals surface area contributed by atoms with Gasteiger partial charge >= 0.3 is 0 Å². The molecule has 0 fully saturated rings. The first-order valence-electron chi connectivity index (χ1n) is 6.61. The molecule has 3 rings (SSSR count). The number of ether oxygens (including phenoxy) is 1. The van der Waals surface area contributed by atoms with Crippen LogP contribution in [0, 0.1) is 0 Å². The second-order valence-electron chi connectivity index (χ2n) is 4.79. The maximum absolute atomic E-state index is 6.34. The van der Waals surface area contributed by atoms with Crippen molar-refractivity contribution in [3.05, 3.63) is 57.5 Å². The van der Waals surface area contributed by atoms with Crippen LogP contribution in [0.3, 0.4) is 0 Å². The van der Waals surface area contributed by atoms with E-state index in [2.05, 4.69) is 27.0 Å². The topological polar surface area (TPSA) is 48.1 Å². The maximum atomic E-state index is 6.34. The number of methoxy groups -OCH3 is 1.